The highest BCUT2D eigenvalue weighted by molar-refractivity contribution is 4.93. The summed E-state index contributed by atoms with van der Waals surface area (Å²) in [5.41, 5.74) is 5.63. The molecule has 0 aromatic rings. The quantitative estimate of drug-likeness (QED) is 0.561. The van der Waals surface area contributed by atoms with Crippen molar-refractivity contribution >= 4 is 0 Å². The van der Waals surface area contributed by atoms with E-state index in [1.807, 2.05) is 0 Å². The molecule has 0 heterocycles. The Morgan fingerprint density at radius 2 is 2.40 bits per heavy atom. The molecule has 0 aromatic carbocycles. The van der Waals surface area contributed by atoms with Gasteiger partial charge in [-0.1, -0.05) is 6.08 Å². The average Bonchev–Trinajstić information content (AvgIpc) is 2.67. The number of hydrogen-bond acceptors (Lipinski definition) is 2. The first-order valence-corrected chi connectivity index (χ1v) is 3.77. The molecule has 1 aliphatic carbocycles. The molecular formula is C8H15NO. The zero-order chi connectivity index (χ0) is 7.56. The van der Waals surface area contributed by atoms with Crippen LogP contribution in [0.5, 0.6) is 0 Å². The van der Waals surface area contributed by atoms with Gasteiger partial charge in [0.1, 0.15) is 0 Å². The molecule has 0 amide bonds. The van der Waals surface area contributed by atoms with Gasteiger partial charge in [-0.3, -0.25) is 0 Å². The maximum absolute atomic E-state index is 8.70. The summed E-state index contributed by atoms with van der Waals surface area (Å²) in [4.78, 5) is 0. The number of rotatable bonds is 4. The summed E-state index contributed by atoms with van der Waals surface area (Å²) in [5.74, 6) is 1.20. The van der Waals surface area contributed by atoms with Crippen LogP contribution in [0.4, 0.5) is 0 Å². The van der Waals surface area contributed by atoms with Crippen molar-refractivity contribution in [3.05, 3.63) is 12.7 Å². The lowest BCUT2D eigenvalue weighted by atomic mass is 10.1. The summed E-state index contributed by atoms with van der Waals surface area (Å²) in [6, 6.07) is 0.126. The minimum Gasteiger partial charge on any atom is -0.396 e. The van der Waals surface area contributed by atoms with Crippen molar-refractivity contribution in [3.8, 4) is 0 Å². The molecule has 0 bridgehead atoms. The van der Waals surface area contributed by atoms with Crippen molar-refractivity contribution in [2.75, 3.05) is 6.61 Å². The third-order valence-electron chi connectivity index (χ3n) is 2.18. The minimum atomic E-state index is 0.126. The Balaban J connectivity index is 2.11. The fourth-order valence-electron chi connectivity index (χ4n) is 1.27. The van der Waals surface area contributed by atoms with Gasteiger partial charge in [-0.2, -0.15) is 0 Å². The van der Waals surface area contributed by atoms with E-state index in [0.717, 1.165) is 12.8 Å². The monoisotopic (exact) mass is 141 g/mol. The standard InChI is InChI=1S/C8H15NO/c1-2-8(9)4-6-3-7(6)5-10/h2,6-8,10H,1,3-5,9H2/t6-,7-,8-/m0/s1. The van der Waals surface area contributed by atoms with Crippen LogP contribution in [0.1, 0.15) is 12.8 Å². The normalized spacial score (nSPS) is 33.4. The van der Waals surface area contributed by atoms with Crippen molar-refractivity contribution in [2.45, 2.75) is 18.9 Å². The largest absolute Gasteiger partial charge is 0.396 e. The van der Waals surface area contributed by atoms with Crippen LogP contribution in [0, 0.1) is 11.8 Å². The van der Waals surface area contributed by atoms with Gasteiger partial charge in [-0.25, -0.2) is 0 Å². The van der Waals surface area contributed by atoms with Crippen LogP contribution in [-0.2, 0) is 0 Å². The summed E-state index contributed by atoms with van der Waals surface area (Å²) < 4.78 is 0. The van der Waals surface area contributed by atoms with Gasteiger partial charge in [0.15, 0.2) is 0 Å². The van der Waals surface area contributed by atoms with Crippen molar-refractivity contribution in [3.63, 3.8) is 0 Å². The molecule has 2 nitrogen and oxygen atoms in total. The highest BCUT2D eigenvalue weighted by Crippen LogP contribution is 2.41. The molecule has 0 unspecified atom stereocenters. The summed E-state index contributed by atoms with van der Waals surface area (Å²) in [7, 11) is 0. The molecule has 0 radical (unpaired) electrons. The van der Waals surface area contributed by atoms with E-state index >= 15 is 0 Å². The average molecular weight is 141 g/mol. The first-order valence-electron chi connectivity index (χ1n) is 3.77. The fourth-order valence-corrected chi connectivity index (χ4v) is 1.27. The first kappa shape index (κ1) is 7.76. The smallest absolute Gasteiger partial charge is 0.0462 e. The number of nitrogens with two attached hydrogens (primary N) is 1. The first-order chi connectivity index (χ1) is 4.77. The molecule has 1 rings (SSSR count). The van der Waals surface area contributed by atoms with E-state index in [2.05, 4.69) is 6.58 Å². The summed E-state index contributed by atoms with van der Waals surface area (Å²) in [6.45, 7) is 3.93. The van der Waals surface area contributed by atoms with E-state index in [-0.39, 0.29) is 6.04 Å². The molecule has 1 fully saturated rings. The SMILES string of the molecule is C=C[C@H](N)C[C@@H]1C[C@H]1CO. The minimum absolute atomic E-state index is 0.126. The van der Waals surface area contributed by atoms with Crippen molar-refractivity contribution in [1.82, 2.24) is 0 Å². The van der Waals surface area contributed by atoms with Gasteiger partial charge in [0, 0.05) is 12.6 Å². The third-order valence-corrected chi connectivity index (χ3v) is 2.18. The number of aliphatic hydroxyl groups is 1. The Bertz CT molecular complexity index is 124. The Kier molecular flexibility index (Phi) is 2.46. The lowest BCUT2D eigenvalue weighted by molar-refractivity contribution is 0.267. The summed E-state index contributed by atoms with van der Waals surface area (Å²) in [6.07, 6.45) is 3.92. The molecule has 0 saturated heterocycles. The van der Waals surface area contributed by atoms with Crippen molar-refractivity contribution in [2.24, 2.45) is 17.6 Å². The van der Waals surface area contributed by atoms with E-state index in [1.54, 1.807) is 6.08 Å². The van der Waals surface area contributed by atoms with Crippen LogP contribution in [0.25, 0.3) is 0 Å². The topological polar surface area (TPSA) is 46.2 Å². The van der Waals surface area contributed by atoms with Crippen LogP contribution in [-0.4, -0.2) is 17.8 Å². The molecule has 10 heavy (non-hydrogen) atoms. The molecule has 0 aromatic heterocycles. The molecule has 58 valence electrons. The van der Waals surface area contributed by atoms with Gasteiger partial charge in [-0.05, 0) is 24.7 Å². The van der Waals surface area contributed by atoms with Gasteiger partial charge in [0.05, 0.1) is 0 Å². The third kappa shape index (κ3) is 1.82. The van der Waals surface area contributed by atoms with E-state index in [4.69, 9.17) is 10.8 Å². The van der Waals surface area contributed by atoms with Crippen LogP contribution in [0.15, 0.2) is 12.7 Å². The summed E-state index contributed by atoms with van der Waals surface area (Å²) >= 11 is 0. The van der Waals surface area contributed by atoms with Gasteiger partial charge < -0.3 is 10.8 Å². The Labute approximate surface area is 61.7 Å². The predicted molar refractivity (Wildman–Crippen MR) is 41.5 cm³/mol. The Hall–Kier alpha value is -0.340. The number of hydrogen-bond donors (Lipinski definition) is 2. The predicted octanol–water partition coefficient (Wildman–Crippen LogP) is 0.518. The van der Waals surface area contributed by atoms with Gasteiger partial charge in [0.2, 0.25) is 0 Å². The molecule has 2 heteroatoms. The van der Waals surface area contributed by atoms with E-state index in [0.29, 0.717) is 18.4 Å². The molecular weight excluding hydrogens is 126 g/mol. The lowest BCUT2D eigenvalue weighted by Gasteiger charge is -2.02. The second-order valence-electron chi connectivity index (χ2n) is 3.07. The molecule has 0 spiro atoms. The van der Waals surface area contributed by atoms with Crippen LogP contribution < -0.4 is 5.73 Å². The molecule has 0 aliphatic heterocycles. The van der Waals surface area contributed by atoms with E-state index in [9.17, 15) is 0 Å². The van der Waals surface area contributed by atoms with Crippen molar-refractivity contribution < 1.29 is 5.11 Å². The van der Waals surface area contributed by atoms with Gasteiger partial charge >= 0.3 is 0 Å². The molecule has 3 atom stereocenters. The Morgan fingerprint density at radius 1 is 1.70 bits per heavy atom. The maximum Gasteiger partial charge on any atom is 0.0462 e. The fraction of sp³-hybridized carbons (Fsp3) is 0.750. The molecule has 1 saturated carbocycles. The second kappa shape index (κ2) is 3.17. The highest BCUT2D eigenvalue weighted by atomic mass is 16.3. The van der Waals surface area contributed by atoms with Crippen LogP contribution in [0.3, 0.4) is 0 Å². The summed E-state index contributed by atoms with van der Waals surface area (Å²) in [5, 5.41) is 8.70. The van der Waals surface area contributed by atoms with Crippen LogP contribution in [0.2, 0.25) is 0 Å². The van der Waals surface area contributed by atoms with E-state index < -0.39 is 0 Å². The van der Waals surface area contributed by atoms with E-state index in [1.165, 1.54) is 0 Å². The lowest BCUT2D eigenvalue weighted by Crippen LogP contribution is -2.17. The van der Waals surface area contributed by atoms with Crippen molar-refractivity contribution in [1.29, 1.82) is 0 Å². The van der Waals surface area contributed by atoms with Crippen LogP contribution >= 0.6 is 0 Å². The van der Waals surface area contributed by atoms with Gasteiger partial charge in [0.25, 0.3) is 0 Å². The second-order valence-corrected chi connectivity index (χ2v) is 3.07. The zero-order valence-electron chi connectivity index (χ0n) is 6.16. The molecule has 1 aliphatic rings. The zero-order valence-corrected chi connectivity index (χ0v) is 6.16. The van der Waals surface area contributed by atoms with Gasteiger partial charge in [-0.15, -0.1) is 6.58 Å². The number of aliphatic hydroxyl groups excluding tert-OH is 1. The molecule has 3 N–H and O–H groups in total. The Morgan fingerprint density at radius 3 is 2.80 bits per heavy atom. The highest BCUT2D eigenvalue weighted by Gasteiger charge is 2.36. The maximum atomic E-state index is 8.70.